The van der Waals surface area contributed by atoms with Crippen molar-refractivity contribution in [2.45, 2.75) is 31.9 Å². The SMILES string of the molecule is CC(C)(C)SCCC(=O)Oc1c(I)cc(I)cc1C(=O)O. The molecule has 0 fully saturated rings. The van der Waals surface area contributed by atoms with Crippen molar-refractivity contribution >= 4 is 68.9 Å². The summed E-state index contributed by atoms with van der Waals surface area (Å²) in [6.07, 6.45) is 0.253. The van der Waals surface area contributed by atoms with Gasteiger partial charge in [0.2, 0.25) is 0 Å². The van der Waals surface area contributed by atoms with E-state index in [-0.39, 0.29) is 22.5 Å². The molecule has 0 atom stereocenters. The van der Waals surface area contributed by atoms with E-state index in [1.807, 2.05) is 45.2 Å². The van der Waals surface area contributed by atoms with Crippen LogP contribution in [0.5, 0.6) is 5.75 Å². The third kappa shape index (κ3) is 6.72. The summed E-state index contributed by atoms with van der Waals surface area (Å²) in [5.74, 6) is -0.730. The summed E-state index contributed by atoms with van der Waals surface area (Å²) >= 11 is 5.68. The minimum atomic E-state index is -1.10. The summed E-state index contributed by atoms with van der Waals surface area (Å²) in [4.78, 5) is 23.1. The van der Waals surface area contributed by atoms with Crippen LogP contribution < -0.4 is 4.74 Å². The molecule has 0 saturated heterocycles. The first-order chi connectivity index (χ1) is 9.60. The summed E-state index contributed by atoms with van der Waals surface area (Å²) in [5.41, 5.74) is 0.0168. The average molecular weight is 534 g/mol. The van der Waals surface area contributed by atoms with E-state index in [4.69, 9.17) is 4.74 Å². The molecule has 116 valence electrons. The number of ether oxygens (including phenoxy) is 1. The molecule has 0 amide bonds. The molecule has 1 aromatic rings. The van der Waals surface area contributed by atoms with Gasteiger partial charge in [0.15, 0.2) is 5.75 Å². The standard InChI is InChI=1S/C14H16I2O4S/c1-14(2,3)21-5-4-11(17)20-12-9(13(18)19)6-8(15)7-10(12)16/h6-7H,4-5H2,1-3H3,(H,18,19). The van der Waals surface area contributed by atoms with Crippen LogP contribution in [-0.2, 0) is 4.79 Å². The molecule has 0 spiro atoms. The Kier molecular flexibility index (Phi) is 7.25. The molecule has 0 aliphatic carbocycles. The van der Waals surface area contributed by atoms with Gasteiger partial charge in [-0.1, -0.05) is 20.8 Å². The summed E-state index contributed by atoms with van der Waals surface area (Å²) in [6, 6.07) is 3.28. The van der Waals surface area contributed by atoms with Gasteiger partial charge in [-0.15, -0.1) is 0 Å². The predicted octanol–water partition coefficient (Wildman–Crippen LogP) is 4.42. The van der Waals surface area contributed by atoms with Crippen molar-refractivity contribution in [3.05, 3.63) is 24.8 Å². The zero-order valence-electron chi connectivity index (χ0n) is 11.9. The van der Waals surface area contributed by atoms with Crippen molar-refractivity contribution in [2.75, 3.05) is 5.75 Å². The third-order valence-corrected chi connectivity index (χ3v) is 4.99. The van der Waals surface area contributed by atoms with E-state index < -0.39 is 11.9 Å². The van der Waals surface area contributed by atoms with E-state index >= 15 is 0 Å². The lowest BCUT2D eigenvalue weighted by Gasteiger charge is -2.17. The van der Waals surface area contributed by atoms with Gasteiger partial charge in [-0.2, -0.15) is 11.8 Å². The topological polar surface area (TPSA) is 63.6 Å². The molecule has 0 aromatic heterocycles. The van der Waals surface area contributed by atoms with E-state index in [1.165, 1.54) is 6.07 Å². The maximum atomic E-state index is 11.9. The highest BCUT2D eigenvalue weighted by molar-refractivity contribution is 14.1. The number of thioether (sulfide) groups is 1. The van der Waals surface area contributed by atoms with Crippen LogP contribution in [0.2, 0.25) is 0 Å². The summed E-state index contributed by atoms with van der Waals surface area (Å²) in [7, 11) is 0. The third-order valence-electron chi connectivity index (χ3n) is 2.30. The lowest BCUT2D eigenvalue weighted by atomic mass is 10.2. The molecule has 0 aliphatic rings. The Labute approximate surface area is 155 Å². The molecule has 1 aromatic carbocycles. The zero-order chi connectivity index (χ0) is 16.2. The van der Waals surface area contributed by atoms with Crippen LogP contribution in [0, 0.1) is 7.14 Å². The number of aromatic carboxylic acids is 1. The Morgan fingerprint density at radius 3 is 2.43 bits per heavy atom. The molecule has 0 radical (unpaired) electrons. The molecule has 1 N–H and O–H groups in total. The molecule has 0 bridgehead atoms. The molecule has 0 saturated carbocycles. The average Bonchev–Trinajstić information content (AvgIpc) is 2.30. The van der Waals surface area contributed by atoms with Crippen molar-refractivity contribution < 1.29 is 19.4 Å². The van der Waals surface area contributed by atoms with Crippen molar-refractivity contribution in [3.8, 4) is 5.75 Å². The fourth-order valence-electron chi connectivity index (χ4n) is 1.43. The number of carboxylic acids is 1. The fourth-order valence-corrected chi connectivity index (χ4v) is 4.26. The number of carbonyl (C=O) groups excluding carboxylic acids is 1. The number of esters is 1. The molecule has 21 heavy (non-hydrogen) atoms. The molecular formula is C14H16I2O4S. The Morgan fingerprint density at radius 2 is 1.90 bits per heavy atom. The Hall–Kier alpha value is -0.0300. The first kappa shape index (κ1) is 19.0. The largest absolute Gasteiger partial charge is 0.478 e. The quantitative estimate of drug-likeness (QED) is 0.345. The van der Waals surface area contributed by atoms with Crippen LogP contribution in [0.4, 0.5) is 0 Å². The number of halogens is 2. The van der Waals surface area contributed by atoms with Crippen molar-refractivity contribution in [1.29, 1.82) is 0 Å². The second-order valence-corrected chi connectivity index (χ2v) is 9.58. The Bertz CT molecular complexity index is 553. The number of hydrogen-bond donors (Lipinski definition) is 1. The highest BCUT2D eigenvalue weighted by atomic mass is 127. The molecule has 0 unspecified atom stereocenters. The highest BCUT2D eigenvalue weighted by Gasteiger charge is 2.19. The lowest BCUT2D eigenvalue weighted by molar-refractivity contribution is -0.133. The summed E-state index contributed by atoms with van der Waals surface area (Å²) in [6.45, 7) is 6.23. The summed E-state index contributed by atoms with van der Waals surface area (Å²) in [5, 5.41) is 9.21. The van der Waals surface area contributed by atoms with Crippen LogP contribution in [-0.4, -0.2) is 27.5 Å². The first-order valence-corrected chi connectivity index (χ1v) is 9.31. The Balaban J connectivity index is 2.79. The number of benzene rings is 1. The minimum Gasteiger partial charge on any atom is -0.478 e. The first-order valence-electron chi connectivity index (χ1n) is 6.17. The van der Waals surface area contributed by atoms with Gasteiger partial charge in [-0.3, -0.25) is 4.79 Å². The molecule has 0 aliphatic heterocycles. The zero-order valence-corrected chi connectivity index (χ0v) is 17.0. The van der Waals surface area contributed by atoms with Crippen LogP contribution in [0.15, 0.2) is 12.1 Å². The van der Waals surface area contributed by atoms with Gasteiger partial charge < -0.3 is 9.84 Å². The van der Waals surface area contributed by atoms with Gasteiger partial charge in [-0.05, 0) is 57.3 Å². The minimum absolute atomic E-state index is 0.0168. The van der Waals surface area contributed by atoms with E-state index in [0.717, 1.165) is 3.57 Å². The van der Waals surface area contributed by atoms with Gasteiger partial charge in [-0.25, -0.2) is 4.79 Å². The number of rotatable bonds is 5. The van der Waals surface area contributed by atoms with Crippen molar-refractivity contribution in [1.82, 2.24) is 0 Å². The van der Waals surface area contributed by atoms with Crippen molar-refractivity contribution in [3.63, 3.8) is 0 Å². The second-order valence-electron chi connectivity index (χ2n) is 5.25. The highest BCUT2D eigenvalue weighted by Crippen LogP contribution is 2.29. The molecule has 0 heterocycles. The molecule has 4 nitrogen and oxygen atoms in total. The van der Waals surface area contributed by atoms with Crippen molar-refractivity contribution in [2.24, 2.45) is 0 Å². The van der Waals surface area contributed by atoms with Crippen LogP contribution in [0.25, 0.3) is 0 Å². The normalized spacial score (nSPS) is 11.3. The maximum absolute atomic E-state index is 11.9. The van der Waals surface area contributed by atoms with Gasteiger partial charge in [0.05, 0.1) is 9.99 Å². The predicted molar refractivity (Wildman–Crippen MR) is 101 cm³/mol. The van der Waals surface area contributed by atoms with Gasteiger partial charge in [0.25, 0.3) is 0 Å². The van der Waals surface area contributed by atoms with E-state index in [1.54, 1.807) is 17.8 Å². The van der Waals surface area contributed by atoms with Gasteiger partial charge in [0.1, 0.15) is 5.56 Å². The number of carbonyl (C=O) groups is 2. The van der Waals surface area contributed by atoms with E-state index in [0.29, 0.717) is 9.32 Å². The molecule has 1 rings (SSSR count). The smallest absolute Gasteiger partial charge is 0.339 e. The van der Waals surface area contributed by atoms with Gasteiger partial charge >= 0.3 is 11.9 Å². The second kappa shape index (κ2) is 8.00. The molecule has 7 heteroatoms. The van der Waals surface area contributed by atoms with E-state index in [2.05, 4.69) is 20.8 Å². The van der Waals surface area contributed by atoms with Gasteiger partial charge in [0, 0.05) is 14.1 Å². The monoisotopic (exact) mass is 534 g/mol. The number of carboxylic acid groups (broad SMARTS) is 1. The van der Waals surface area contributed by atoms with Crippen LogP contribution in [0.3, 0.4) is 0 Å². The number of hydrogen-bond acceptors (Lipinski definition) is 4. The van der Waals surface area contributed by atoms with E-state index in [9.17, 15) is 14.7 Å². The lowest BCUT2D eigenvalue weighted by Crippen LogP contribution is -2.15. The summed E-state index contributed by atoms with van der Waals surface area (Å²) < 4.78 is 6.76. The van der Waals surface area contributed by atoms with Crippen LogP contribution in [0.1, 0.15) is 37.6 Å². The maximum Gasteiger partial charge on any atom is 0.339 e. The Morgan fingerprint density at radius 1 is 1.29 bits per heavy atom. The molecular weight excluding hydrogens is 518 g/mol. The fraction of sp³-hybridized carbons (Fsp3) is 0.429. The van der Waals surface area contributed by atoms with Crippen LogP contribution >= 0.6 is 56.9 Å².